The van der Waals surface area contributed by atoms with Crippen LogP contribution in [0.5, 0.6) is 0 Å². The van der Waals surface area contributed by atoms with Crippen LogP contribution in [-0.4, -0.2) is 17.2 Å². The second-order valence-corrected chi connectivity index (χ2v) is 4.74. The number of esters is 1. The lowest BCUT2D eigenvalue weighted by Crippen LogP contribution is -2.25. The molecule has 0 aromatic rings. The molecule has 2 atom stereocenters. The largest absolute Gasteiger partial charge is 0.457 e. The molecule has 1 aliphatic rings. The molecule has 0 heterocycles. The summed E-state index contributed by atoms with van der Waals surface area (Å²) in [7, 11) is 0. The fraction of sp³-hybridized carbons (Fsp3) is 0.875. The SMILES string of the molecule is CC(C)(C)C(=O)OC1CC1(F)Cl. The van der Waals surface area contributed by atoms with E-state index in [0.29, 0.717) is 0 Å². The lowest BCUT2D eigenvalue weighted by molar-refractivity contribution is -0.155. The average Bonchev–Trinajstić information content (AvgIpc) is 2.36. The molecule has 4 heteroatoms. The van der Waals surface area contributed by atoms with Crippen LogP contribution in [0.4, 0.5) is 4.39 Å². The van der Waals surface area contributed by atoms with E-state index in [1.54, 1.807) is 20.8 Å². The zero-order valence-electron chi connectivity index (χ0n) is 7.36. The van der Waals surface area contributed by atoms with E-state index in [1.807, 2.05) is 0 Å². The van der Waals surface area contributed by atoms with Gasteiger partial charge in [0.05, 0.1) is 5.41 Å². The van der Waals surface area contributed by atoms with Crippen LogP contribution in [0.3, 0.4) is 0 Å². The fourth-order valence-electron chi connectivity index (χ4n) is 0.622. The van der Waals surface area contributed by atoms with Crippen molar-refractivity contribution in [2.24, 2.45) is 5.41 Å². The first kappa shape index (κ1) is 9.78. The molecule has 2 nitrogen and oxygen atoms in total. The highest BCUT2D eigenvalue weighted by Gasteiger charge is 2.58. The molecule has 0 aromatic carbocycles. The van der Waals surface area contributed by atoms with E-state index in [-0.39, 0.29) is 6.42 Å². The van der Waals surface area contributed by atoms with Gasteiger partial charge in [-0.05, 0) is 20.8 Å². The normalized spacial score (nSPS) is 34.6. The molecule has 70 valence electrons. The summed E-state index contributed by atoms with van der Waals surface area (Å²) in [6, 6.07) is 0. The molecule has 1 saturated carbocycles. The fourth-order valence-corrected chi connectivity index (χ4v) is 0.807. The first-order valence-corrected chi connectivity index (χ1v) is 4.20. The van der Waals surface area contributed by atoms with Crippen molar-refractivity contribution in [2.45, 2.75) is 38.4 Å². The summed E-state index contributed by atoms with van der Waals surface area (Å²) < 4.78 is 17.5. The Balaban J connectivity index is 2.40. The summed E-state index contributed by atoms with van der Waals surface area (Å²) in [5.74, 6) is -0.410. The zero-order chi connectivity index (χ0) is 9.57. The van der Waals surface area contributed by atoms with Crippen molar-refractivity contribution < 1.29 is 13.9 Å². The highest BCUT2D eigenvalue weighted by Crippen LogP contribution is 2.47. The third-order valence-electron chi connectivity index (χ3n) is 1.63. The van der Waals surface area contributed by atoms with E-state index in [0.717, 1.165) is 0 Å². The molecule has 2 unspecified atom stereocenters. The van der Waals surface area contributed by atoms with Gasteiger partial charge in [0.15, 0.2) is 6.10 Å². The van der Waals surface area contributed by atoms with Gasteiger partial charge < -0.3 is 4.74 Å². The molecule has 0 N–H and O–H groups in total. The molecular formula is C8H12ClFO2. The number of halogens is 2. The molecule has 0 aliphatic heterocycles. The molecule has 0 saturated heterocycles. The highest BCUT2D eigenvalue weighted by molar-refractivity contribution is 6.25. The van der Waals surface area contributed by atoms with Crippen molar-refractivity contribution in [3.05, 3.63) is 0 Å². The van der Waals surface area contributed by atoms with Gasteiger partial charge in [-0.25, -0.2) is 4.39 Å². The number of hydrogen-bond donors (Lipinski definition) is 0. The molecule has 0 aromatic heterocycles. The summed E-state index contributed by atoms with van der Waals surface area (Å²) in [6.07, 6.45) is -0.637. The molecule has 1 rings (SSSR count). The summed E-state index contributed by atoms with van der Waals surface area (Å²) in [5.41, 5.74) is -0.588. The molecular weight excluding hydrogens is 183 g/mol. The first-order valence-electron chi connectivity index (χ1n) is 3.82. The topological polar surface area (TPSA) is 26.3 Å². The molecule has 0 spiro atoms. The third kappa shape index (κ3) is 2.09. The monoisotopic (exact) mass is 194 g/mol. The number of carbonyl (C=O) groups is 1. The van der Waals surface area contributed by atoms with Crippen molar-refractivity contribution in [2.75, 3.05) is 0 Å². The lowest BCUT2D eigenvalue weighted by atomic mass is 9.97. The predicted octanol–water partition coefficient (Wildman–Crippen LogP) is 2.25. The van der Waals surface area contributed by atoms with Gasteiger partial charge in [0.2, 0.25) is 5.13 Å². The van der Waals surface area contributed by atoms with E-state index in [9.17, 15) is 9.18 Å². The molecule has 0 amide bonds. The minimum atomic E-state index is -1.80. The summed E-state index contributed by atoms with van der Waals surface area (Å²) in [6.45, 7) is 5.14. The van der Waals surface area contributed by atoms with Gasteiger partial charge in [0.1, 0.15) is 0 Å². The van der Waals surface area contributed by atoms with Crippen LogP contribution in [-0.2, 0) is 9.53 Å². The second kappa shape index (κ2) is 2.59. The van der Waals surface area contributed by atoms with Crippen molar-refractivity contribution in [3.8, 4) is 0 Å². The van der Waals surface area contributed by atoms with E-state index < -0.39 is 22.6 Å². The Bertz CT molecular complexity index is 208. The van der Waals surface area contributed by atoms with Crippen LogP contribution in [0.15, 0.2) is 0 Å². The quantitative estimate of drug-likeness (QED) is 0.473. The Kier molecular flexibility index (Phi) is 2.11. The minimum Gasteiger partial charge on any atom is -0.457 e. The van der Waals surface area contributed by atoms with Gasteiger partial charge in [0, 0.05) is 6.42 Å². The smallest absolute Gasteiger partial charge is 0.311 e. The van der Waals surface area contributed by atoms with Gasteiger partial charge in [-0.15, -0.1) is 0 Å². The maximum atomic E-state index is 12.7. The molecule has 1 aliphatic carbocycles. The molecule has 0 bridgehead atoms. The molecule has 0 radical (unpaired) electrons. The zero-order valence-corrected chi connectivity index (χ0v) is 8.11. The van der Waals surface area contributed by atoms with Crippen molar-refractivity contribution in [3.63, 3.8) is 0 Å². The number of ether oxygens (including phenoxy) is 1. The van der Waals surface area contributed by atoms with E-state index in [2.05, 4.69) is 0 Å². The first-order chi connectivity index (χ1) is 5.23. The van der Waals surface area contributed by atoms with Crippen LogP contribution in [0, 0.1) is 5.41 Å². The van der Waals surface area contributed by atoms with Crippen molar-refractivity contribution >= 4 is 17.6 Å². The summed E-state index contributed by atoms with van der Waals surface area (Å²) >= 11 is 5.26. The maximum absolute atomic E-state index is 12.7. The molecule has 12 heavy (non-hydrogen) atoms. The van der Waals surface area contributed by atoms with Gasteiger partial charge in [-0.1, -0.05) is 11.6 Å². The number of alkyl halides is 2. The third-order valence-corrected chi connectivity index (χ3v) is 2.03. The van der Waals surface area contributed by atoms with E-state index in [4.69, 9.17) is 16.3 Å². The van der Waals surface area contributed by atoms with E-state index in [1.165, 1.54) is 0 Å². The van der Waals surface area contributed by atoms with Crippen LogP contribution < -0.4 is 0 Å². The number of hydrogen-bond acceptors (Lipinski definition) is 2. The van der Waals surface area contributed by atoms with Gasteiger partial charge >= 0.3 is 5.97 Å². The lowest BCUT2D eigenvalue weighted by Gasteiger charge is -2.16. The van der Waals surface area contributed by atoms with Gasteiger partial charge in [-0.2, -0.15) is 0 Å². The number of rotatable bonds is 1. The van der Waals surface area contributed by atoms with Crippen LogP contribution in [0.2, 0.25) is 0 Å². The van der Waals surface area contributed by atoms with Crippen LogP contribution >= 0.6 is 11.6 Å². The van der Waals surface area contributed by atoms with Crippen molar-refractivity contribution in [1.82, 2.24) is 0 Å². The minimum absolute atomic E-state index is 0.108. The summed E-state index contributed by atoms with van der Waals surface area (Å²) in [4.78, 5) is 11.2. The standard InChI is InChI=1S/C8H12ClFO2/c1-7(2,3)6(11)12-5-4-8(5,9)10/h5H,4H2,1-3H3. The Morgan fingerprint density at radius 1 is 1.67 bits per heavy atom. The Labute approximate surface area is 76.0 Å². The average molecular weight is 195 g/mol. The molecule has 1 fully saturated rings. The number of carbonyl (C=O) groups excluding carboxylic acids is 1. The highest BCUT2D eigenvalue weighted by atomic mass is 35.5. The van der Waals surface area contributed by atoms with Crippen molar-refractivity contribution in [1.29, 1.82) is 0 Å². The Morgan fingerprint density at radius 3 is 2.33 bits per heavy atom. The van der Waals surface area contributed by atoms with E-state index >= 15 is 0 Å². The second-order valence-electron chi connectivity index (χ2n) is 4.11. The predicted molar refractivity (Wildman–Crippen MR) is 43.6 cm³/mol. The van der Waals surface area contributed by atoms with Crippen LogP contribution in [0.1, 0.15) is 27.2 Å². The Hall–Kier alpha value is -0.310. The van der Waals surface area contributed by atoms with Crippen LogP contribution in [0.25, 0.3) is 0 Å². The van der Waals surface area contributed by atoms with Gasteiger partial charge in [-0.3, -0.25) is 4.79 Å². The summed E-state index contributed by atoms with van der Waals surface area (Å²) in [5, 5.41) is -1.80. The Morgan fingerprint density at radius 2 is 2.08 bits per heavy atom. The maximum Gasteiger partial charge on any atom is 0.311 e. The van der Waals surface area contributed by atoms with Gasteiger partial charge in [0.25, 0.3) is 0 Å².